The van der Waals surface area contributed by atoms with Crippen LogP contribution in [0.5, 0.6) is 11.5 Å². The lowest BCUT2D eigenvalue weighted by atomic mass is 10.0. The number of hydrogen-bond donors (Lipinski definition) is 3. The standard InChI is InChI=1S/C21H21NO5/c1-13-16(21(26)27-18-11-15(23)10-17(24)20(13)18)12-19(25)22-9-5-8-14-6-3-2-4-7-14/h2-4,6-7,10-11,23-24H,5,8-9,12H2,1H3,(H,22,25). The summed E-state index contributed by atoms with van der Waals surface area (Å²) >= 11 is 0. The van der Waals surface area contributed by atoms with Crippen molar-refractivity contribution in [3.05, 3.63) is 69.6 Å². The van der Waals surface area contributed by atoms with E-state index in [1.165, 1.54) is 17.7 Å². The van der Waals surface area contributed by atoms with E-state index in [1.807, 2.05) is 30.3 Å². The molecule has 140 valence electrons. The molecule has 0 spiro atoms. The molecule has 3 rings (SSSR count). The molecule has 6 nitrogen and oxygen atoms in total. The Morgan fingerprint density at radius 2 is 1.89 bits per heavy atom. The summed E-state index contributed by atoms with van der Waals surface area (Å²) in [6.45, 7) is 2.15. The number of phenols is 2. The first kappa shape index (κ1) is 18.5. The van der Waals surface area contributed by atoms with Gasteiger partial charge in [-0.05, 0) is 30.9 Å². The number of benzene rings is 2. The van der Waals surface area contributed by atoms with Crippen molar-refractivity contribution in [2.24, 2.45) is 0 Å². The van der Waals surface area contributed by atoms with Gasteiger partial charge in [-0.25, -0.2) is 4.79 Å². The Bertz CT molecular complexity index is 1020. The van der Waals surface area contributed by atoms with Gasteiger partial charge in [-0.3, -0.25) is 4.79 Å². The highest BCUT2D eigenvalue weighted by Crippen LogP contribution is 2.32. The van der Waals surface area contributed by atoms with Gasteiger partial charge < -0.3 is 19.9 Å². The first-order valence-electron chi connectivity index (χ1n) is 8.74. The second kappa shape index (κ2) is 7.95. The molecule has 3 aromatic rings. The molecule has 0 aliphatic heterocycles. The molecule has 0 aliphatic carbocycles. The van der Waals surface area contributed by atoms with Gasteiger partial charge in [0.15, 0.2) is 0 Å². The van der Waals surface area contributed by atoms with Gasteiger partial charge in [-0.2, -0.15) is 0 Å². The Balaban J connectivity index is 1.67. The van der Waals surface area contributed by atoms with Crippen LogP contribution in [-0.4, -0.2) is 22.7 Å². The molecule has 3 N–H and O–H groups in total. The molecule has 1 heterocycles. The van der Waals surface area contributed by atoms with E-state index in [0.29, 0.717) is 17.5 Å². The highest BCUT2D eigenvalue weighted by Gasteiger charge is 2.17. The molecular weight excluding hydrogens is 346 g/mol. The van der Waals surface area contributed by atoms with E-state index in [9.17, 15) is 19.8 Å². The number of nitrogens with one attached hydrogen (secondary N) is 1. The maximum atomic E-state index is 12.2. The molecule has 0 saturated heterocycles. The summed E-state index contributed by atoms with van der Waals surface area (Å²) < 4.78 is 5.16. The van der Waals surface area contributed by atoms with Gasteiger partial charge in [0.25, 0.3) is 0 Å². The van der Waals surface area contributed by atoms with Crippen LogP contribution in [0.3, 0.4) is 0 Å². The summed E-state index contributed by atoms with van der Waals surface area (Å²) in [6, 6.07) is 12.4. The number of fused-ring (bicyclic) bond motifs is 1. The van der Waals surface area contributed by atoms with Gasteiger partial charge in [0, 0.05) is 18.7 Å². The predicted octanol–water partition coefficient (Wildman–Crippen LogP) is 2.80. The fourth-order valence-corrected chi connectivity index (χ4v) is 3.10. The van der Waals surface area contributed by atoms with Gasteiger partial charge in [0.05, 0.1) is 17.4 Å². The predicted molar refractivity (Wildman–Crippen MR) is 102 cm³/mol. The lowest BCUT2D eigenvalue weighted by molar-refractivity contribution is -0.120. The van der Waals surface area contributed by atoms with E-state index >= 15 is 0 Å². The van der Waals surface area contributed by atoms with E-state index in [4.69, 9.17) is 4.42 Å². The van der Waals surface area contributed by atoms with Crippen LogP contribution in [0.2, 0.25) is 0 Å². The molecule has 1 aromatic heterocycles. The van der Waals surface area contributed by atoms with Gasteiger partial charge in [-0.1, -0.05) is 30.3 Å². The minimum absolute atomic E-state index is 0.0852. The Morgan fingerprint density at radius 3 is 2.63 bits per heavy atom. The van der Waals surface area contributed by atoms with Crippen molar-refractivity contribution in [2.45, 2.75) is 26.2 Å². The van der Waals surface area contributed by atoms with Crippen LogP contribution in [0.1, 0.15) is 23.1 Å². The van der Waals surface area contributed by atoms with E-state index in [1.54, 1.807) is 6.92 Å². The van der Waals surface area contributed by atoms with Crippen LogP contribution >= 0.6 is 0 Å². The van der Waals surface area contributed by atoms with Crippen molar-refractivity contribution in [1.82, 2.24) is 5.32 Å². The second-order valence-electron chi connectivity index (χ2n) is 6.45. The molecule has 0 saturated carbocycles. The molecule has 0 unspecified atom stereocenters. The van der Waals surface area contributed by atoms with Crippen molar-refractivity contribution in [2.75, 3.05) is 6.54 Å². The van der Waals surface area contributed by atoms with E-state index in [2.05, 4.69) is 5.32 Å². The second-order valence-corrected chi connectivity index (χ2v) is 6.45. The number of amides is 1. The lowest BCUT2D eigenvalue weighted by Gasteiger charge is -2.10. The van der Waals surface area contributed by atoms with Crippen LogP contribution < -0.4 is 10.9 Å². The molecule has 0 atom stereocenters. The Hall–Kier alpha value is -3.28. The number of phenolic OH excluding ortho intramolecular Hbond substituents is 2. The maximum Gasteiger partial charge on any atom is 0.340 e. The van der Waals surface area contributed by atoms with Gasteiger partial charge in [0.1, 0.15) is 17.1 Å². The quantitative estimate of drug-likeness (QED) is 0.459. The summed E-state index contributed by atoms with van der Waals surface area (Å²) in [4.78, 5) is 24.4. The van der Waals surface area contributed by atoms with Gasteiger partial charge >= 0.3 is 5.63 Å². The summed E-state index contributed by atoms with van der Waals surface area (Å²) in [7, 11) is 0. The first-order chi connectivity index (χ1) is 13.0. The molecular formula is C21H21NO5. The van der Waals surface area contributed by atoms with Gasteiger partial charge in [0.2, 0.25) is 5.91 Å². The zero-order valence-corrected chi connectivity index (χ0v) is 15.0. The average molecular weight is 367 g/mol. The third-order valence-corrected chi connectivity index (χ3v) is 4.49. The zero-order valence-electron chi connectivity index (χ0n) is 15.0. The largest absolute Gasteiger partial charge is 0.508 e. The Morgan fingerprint density at radius 1 is 1.15 bits per heavy atom. The molecule has 0 radical (unpaired) electrons. The molecule has 0 aliphatic rings. The third-order valence-electron chi connectivity index (χ3n) is 4.49. The first-order valence-corrected chi connectivity index (χ1v) is 8.74. The van der Waals surface area contributed by atoms with Crippen molar-refractivity contribution in [3.63, 3.8) is 0 Å². The molecule has 2 aromatic carbocycles. The third kappa shape index (κ3) is 4.28. The average Bonchev–Trinajstić information content (AvgIpc) is 2.62. The number of carbonyl (C=O) groups is 1. The maximum absolute atomic E-state index is 12.2. The molecule has 1 amide bonds. The fraction of sp³-hybridized carbons (Fsp3) is 0.238. The molecule has 0 bridgehead atoms. The topological polar surface area (TPSA) is 99.8 Å². The molecule has 6 heteroatoms. The number of aromatic hydroxyl groups is 2. The number of rotatable bonds is 6. The lowest BCUT2D eigenvalue weighted by Crippen LogP contribution is -2.28. The SMILES string of the molecule is Cc1c(CC(=O)NCCCc2ccccc2)c(=O)oc2cc(O)cc(O)c12. The smallest absolute Gasteiger partial charge is 0.340 e. The van der Waals surface area contributed by atoms with Crippen molar-refractivity contribution in [3.8, 4) is 11.5 Å². The molecule has 27 heavy (non-hydrogen) atoms. The number of hydrogen-bond acceptors (Lipinski definition) is 5. The highest BCUT2D eigenvalue weighted by atomic mass is 16.4. The van der Waals surface area contributed by atoms with Crippen molar-refractivity contribution < 1.29 is 19.4 Å². The van der Waals surface area contributed by atoms with Crippen LogP contribution in [0, 0.1) is 6.92 Å². The van der Waals surface area contributed by atoms with Crippen LogP contribution in [-0.2, 0) is 17.6 Å². The number of carbonyl (C=O) groups excluding carboxylic acids is 1. The summed E-state index contributed by atoms with van der Waals surface area (Å²) in [5, 5.41) is 22.7. The van der Waals surface area contributed by atoms with Crippen LogP contribution in [0.4, 0.5) is 0 Å². The van der Waals surface area contributed by atoms with E-state index in [0.717, 1.165) is 12.8 Å². The number of aryl methyl sites for hydroxylation is 2. The Kier molecular flexibility index (Phi) is 5.45. The normalized spacial score (nSPS) is 10.9. The fourth-order valence-electron chi connectivity index (χ4n) is 3.10. The van der Waals surface area contributed by atoms with Crippen LogP contribution in [0.25, 0.3) is 11.0 Å². The monoisotopic (exact) mass is 367 g/mol. The molecule has 0 fully saturated rings. The summed E-state index contributed by atoms with van der Waals surface area (Å²) in [5.74, 6) is -0.682. The highest BCUT2D eigenvalue weighted by molar-refractivity contribution is 5.89. The van der Waals surface area contributed by atoms with Crippen LogP contribution in [0.15, 0.2) is 51.7 Å². The Labute approximate surface area is 156 Å². The van der Waals surface area contributed by atoms with E-state index < -0.39 is 5.63 Å². The van der Waals surface area contributed by atoms with Crippen molar-refractivity contribution in [1.29, 1.82) is 0 Å². The minimum atomic E-state index is -0.649. The minimum Gasteiger partial charge on any atom is -0.508 e. The summed E-state index contributed by atoms with van der Waals surface area (Å²) in [6.07, 6.45) is 1.52. The summed E-state index contributed by atoms with van der Waals surface area (Å²) in [5.41, 5.74) is 1.31. The van der Waals surface area contributed by atoms with E-state index in [-0.39, 0.29) is 35.0 Å². The zero-order chi connectivity index (χ0) is 19.4. The van der Waals surface area contributed by atoms with Gasteiger partial charge in [-0.15, -0.1) is 0 Å². The van der Waals surface area contributed by atoms with Crippen molar-refractivity contribution >= 4 is 16.9 Å².